The molecule has 4 rings (SSSR count). The quantitative estimate of drug-likeness (QED) is 0.414. The summed E-state index contributed by atoms with van der Waals surface area (Å²) in [4.78, 5) is 25.3. The lowest BCUT2D eigenvalue weighted by molar-refractivity contribution is 0.104. The van der Waals surface area contributed by atoms with Crippen molar-refractivity contribution in [2.24, 2.45) is 0 Å². The van der Waals surface area contributed by atoms with E-state index < -0.39 is 26.5 Å². The minimum absolute atomic E-state index is 0.00525. The van der Waals surface area contributed by atoms with Crippen molar-refractivity contribution in [1.29, 1.82) is 0 Å². The van der Waals surface area contributed by atoms with Gasteiger partial charge >= 0.3 is 0 Å². The van der Waals surface area contributed by atoms with Crippen molar-refractivity contribution in [2.45, 2.75) is 31.7 Å². The highest BCUT2D eigenvalue weighted by molar-refractivity contribution is 7.92. The molecule has 4 aromatic rings. The number of hydrogen-bond donors (Lipinski definition) is 2. The lowest BCUT2D eigenvalue weighted by Crippen LogP contribution is -2.16. The number of carbonyl (C=O) groups excluding carboxylic acids is 1. The second-order valence-electron chi connectivity index (χ2n) is 7.75. The maximum atomic E-state index is 14.0. The summed E-state index contributed by atoms with van der Waals surface area (Å²) in [5, 5.41) is 0.416. The number of sulfonamides is 1. The monoisotopic (exact) mass is 468 g/mol. The highest BCUT2D eigenvalue weighted by Gasteiger charge is 2.24. The van der Waals surface area contributed by atoms with Crippen LogP contribution in [0.1, 0.15) is 41.5 Å². The molecule has 9 nitrogen and oxygen atoms in total. The number of rotatable bonds is 6. The van der Waals surface area contributed by atoms with E-state index in [1.54, 1.807) is 13.1 Å². The first-order valence-electron chi connectivity index (χ1n) is 10.00. The van der Waals surface area contributed by atoms with E-state index in [0.717, 1.165) is 12.1 Å². The van der Waals surface area contributed by atoms with Crippen LogP contribution in [-0.4, -0.2) is 33.7 Å². The normalized spacial score (nSPS) is 11.8. The number of anilines is 2. The fourth-order valence-corrected chi connectivity index (χ4v) is 4.61. The zero-order chi connectivity index (χ0) is 23.9. The van der Waals surface area contributed by atoms with Crippen molar-refractivity contribution in [1.82, 2.24) is 19.5 Å². The fraction of sp³-hybridized carbons (Fsp3) is 0.182. The molecule has 0 aliphatic rings. The van der Waals surface area contributed by atoms with Gasteiger partial charge in [-0.25, -0.2) is 27.8 Å². The smallest absolute Gasteiger partial charge is 0.265 e. The van der Waals surface area contributed by atoms with Crippen LogP contribution in [0.15, 0.2) is 53.8 Å². The molecule has 0 bridgehead atoms. The molecule has 0 aliphatic carbocycles. The Balaban J connectivity index is 1.78. The lowest BCUT2D eigenvalue weighted by atomic mass is 10.0. The molecular weight excluding hydrogens is 447 g/mol. The summed E-state index contributed by atoms with van der Waals surface area (Å²) >= 11 is 0. The molecule has 3 N–H and O–H groups in total. The second kappa shape index (κ2) is 8.24. The van der Waals surface area contributed by atoms with Crippen LogP contribution in [0.25, 0.3) is 11.0 Å². The highest BCUT2D eigenvalue weighted by atomic mass is 32.2. The summed E-state index contributed by atoms with van der Waals surface area (Å²) in [6.45, 7) is 5.50. The van der Waals surface area contributed by atoms with Crippen LogP contribution in [-0.2, 0) is 10.0 Å². The summed E-state index contributed by atoms with van der Waals surface area (Å²) in [7, 11) is -4.26. The summed E-state index contributed by atoms with van der Waals surface area (Å²) in [6, 6.07) is 7.82. The summed E-state index contributed by atoms with van der Waals surface area (Å²) < 4.78 is 43.4. The van der Waals surface area contributed by atoms with Crippen LogP contribution in [0, 0.1) is 12.7 Å². The minimum atomic E-state index is -4.26. The first-order chi connectivity index (χ1) is 15.6. The Kier molecular flexibility index (Phi) is 5.58. The predicted octanol–water partition coefficient (Wildman–Crippen LogP) is 3.47. The van der Waals surface area contributed by atoms with Crippen LogP contribution in [0.4, 0.5) is 16.0 Å². The van der Waals surface area contributed by atoms with Gasteiger partial charge in [-0.3, -0.25) is 9.52 Å². The van der Waals surface area contributed by atoms with Crippen molar-refractivity contribution in [3.63, 3.8) is 0 Å². The number of aromatic nitrogens is 4. The van der Waals surface area contributed by atoms with E-state index in [-0.39, 0.29) is 28.8 Å². The number of benzene rings is 1. The van der Waals surface area contributed by atoms with Gasteiger partial charge < -0.3 is 10.3 Å². The number of aryl methyl sites for hydroxylation is 1. The van der Waals surface area contributed by atoms with Gasteiger partial charge in [0.1, 0.15) is 34.3 Å². The molecule has 11 heteroatoms. The minimum Gasteiger partial charge on any atom is -0.383 e. The van der Waals surface area contributed by atoms with Crippen LogP contribution < -0.4 is 10.5 Å². The number of pyridine rings is 1. The topological polar surface area (TPSA) is 133 Å². The number of carbonyl (C=O) groups is 1. The number of nitrogen functional groups attached to an aromatic ring is 1. The molecule has 0 radical (unpaired) electrons. The Morgan fingerprint density at radius 3 is 2.61 bits per heavy atom. The Hall–Kier alpha value is -3.86. The lowest BCUT2D eigenvalue weighted by Gasteiger charge is -2.10. The molecule has 0 saturated carbocycles. The van der Waals surface area contributed by atoms with E-state index in [0.29, 0.717) is 16.7 Å². The molecule has 0 aliphatic heterocycles. The molecule has 1 aromatic carbocycles. The molecular formula is C22H21FN6O3S. The maximum absolute atomic E-state index is 14.0. The first kappa shape index (κ1) is 22.3. The first-order valence-corrected chi connectivity index (χ1v) is 11.5. The largest absolute Gasteiger partial charge is 0.383 e. The van der Waals surface area contributed by atoms with Crippen molar-refractivity contribution in [3.8, 4) is 0 Å². The van der Waals surface area contributed by atoms with E-state index >= 15 is 0 Å². The fourth-order valence-electron chi connectivity index (χ4n) is 3.54. The third-order valence-electron chi connectivity index (χ3n) is 5.02. The molecule has 170 valence electrons. The maximum Gasteiger partial charge on any atom is 0.265 e. The molecule has 0 unspecified atom stereocenters. The van der Waals surface area contributed by atoms with Gasteiger partial charge in [0.25, 0.3) is 10.0 Å². The number of hydrogen-bond acceptors (Lipinski definition) is 7. The number of nitrogens with one attached hydrogen (secondary N) is 1. The van der Waals surface area contributed by atoms with E-state index in [1.807, 2.05) is 18.4 Å². The molecule has 3 heterocycles. The van der Waals surface area contributed by atoms with Gasteiger partial charge in [0.05, 0.1) is 10.9 Å². The molecule has 33 heavy (non-hydrogen) atoms. The van der Waals surface area contributed by atoms with Crippen LogP contribution in [0.3, 0.4) is 0 Å². The van der Waals surface area contributed by atoms with Gasteiger partial charge in [0.15, 0.2) is 5.78 Å². The third-order valence-corrected chi connectivity index (χ3v) is 6.41. The number of halogens is 1. The van der Waals surface area contributed by atoms with Crippen molar-refractivity contribution in [3.05, 3.63) is 71.6 Å². The van der Waals surface area contributed by atoms with E-state index in [9.17, 15) is 17.6 Å². The average Bonchev–Trinajstić information content (AvgIpc) is 3.14. The number of nitrogens with two attached hydrogens (primary N) is 1. The molecule has 0 saturated heterocycles. The van der Waals surface area contributed by atoms with Gasteiger partial charge in [0, 0.05) is 23.5 Å². The molecule has 0 amide bonds. The van der Waals surface area contributed by atoms with Gasteiger partial charge in [-0.05, 0) is 45.0 Å². The number of fused-ring (bicyclic) bond motifs is 1. The van der Waals surface area contributed by atoms with Crippen molar-refractivity contribution >= 4 is 38.5 Å². The molecule has 0 spiro atoms. The van der Waals surface area contributed by atoms with Crippen LogP contribution in [0.5, 0.6) is 0 Å². The SMILES string of the molecule is Cc1cc(C(=O)c2cn(C(C)C)c3ncnc(N)c23)cc(NS(=O)(=O)c2ccccc2F)n1. The summed E-state index contributed by atoms with van der Waals surface area (Å²) in [6.07, 6.45) is 2.98. The van der Waals surface area contributed by atoms with E-state index in [4.69, 9.17) is 5.73 Å². The molecule has 3 aromatic heterocycles. The van der Waals surface area contributed by atoms with Gasteiger partial charge in [-0.15, -0.1) is 0 Å². The second-order valence-corrected chi connectivity index (χ2v) is 9.40. The standard InChI is InChI=1S/C22H21FN6O3S/c1-12(2)29-10-15(19-21(24)25-11-26-22(19)29)20(30)14-8-13(3)27-18(9-14)28-33(31,32)17-7-5-4-6-16(17)23/h4-12H,1-3H3,(H,27,28)(H2,24,25,26). The van der Waals surface area contributed by atoms with Gasteiger partial charge in [-0.2, -0.15) is 0 Å². The number of ketones is 1. The Morgan fingerprint density at radius 1 is 1.18 bits per heavy atom. The van der Waals surface area contributed by atoms with Crippen molar-refractivity contribution < 1.29 is 17.6 Å². The van der Waals surface area contributed by atoms with Gasteiger partial charge in [-0.1, -0.05) is 12.1 Å². The Labute approximate surface area is 189 Å². The number of nitrogens with zero attached hydrogens (tertiary/aromatic N) is 4. The average molecular weight is 469 g/mol. The Bertz CT molecular complexity index is 1500. The highest BCUT2D eigenvalue weighted by Crippen LogP contribution is 2.29. The summed E-state index contributed by atoms with van der Waals surface area (Å²) in [5.41, 5.74) is 7.43. The van der Waals surface area contributed by atoms with E-state index in [2.05, 4.69) is 19.7 Å². The van der Waals surface area contributed by atoms with Crippen LogP contribution in [0.2, 0.25) is 0 Å². The van der Waals surface area contributed by atoms with E-state index in [1.165, 1.54) is 30.6 Å². The molecule has 0 fully saturated rings. The van der Waals surface area contributed by atoms with Crippen molar-refractivity contribution in [2.75, 3.05) is 10.5 Å². The molecule has 0 atom stereocenters. The predicted molar refractivity (Wildman–Crippen MR) is 122 cm³/mol. The Morgan fingerprint density at radius 2 is 1.91 bits per heavy atom. The third kappa shape index (κ3) is 4.14. The van der Waals surface area contributed by atoms with Gasteiger partial charge in [0.2, 0.25) is 0 Å². The zero-order valence-corrected chi connectivity index (χ0v) is 18.9. The zero-order valence-electron chi connectivity index (χ0n) is 18.1. The van der Waals surface area contributed by atoms with Crippen LogP contribution >= 0.6 is 0 Å². The summed E-state index contributed by atoms with van der Waals surface area (Å²) in [5.74, 6) is -1.25.